The molecule has 1 saturated carbocycles. The molecule has 1 N–H and O–H groups in total. The number of para-hydroxylation sites is 1. The van der Waals surface area contributed by atoms with Crippen molar-refractivity contribution in [2.75, 3.05) is 43.8 Å². The third kappa shape index (κ3) is 11.4. The number of ether oxygens (including phenoxy) is 4. The number of nitrogens with zero attached hydrogens (tertiary/aromatic N) is 4. The lowest BCUT2D eigenvalue weighted by atomic mass is 9.99. The SMILES string of the molecule is COc1cc(C(=O)N2c3ccccc3C[C@H]2CCC(C)(C)[Si](C)(C)O)c([N+](=O)[O-])cc1OCCCCCOc1cc([N+](=O)[O-])c(C(=O)N2c3cccc(C4CC4)c3C[C@H]2CO[Si](C)(C)C(C)(C)C)cc1OC. The highest BCUT2D eigenvalue weighted by Crippen LogP contribution is 2.49. The number of carbonyl (C=O) groups is 2. The Kier molecular flexibility index (Phi) is 16.0. The summed E-state index contributed by atoms with van der Waals surface area (Å²) in [4.78, 5) is 67.6. The van der Waals surface area contributed by atoms with Crippen molar-refractivity contribution >= 4 is 51.2 Å². The first kappa shape index (κ1) is 54.0. The molecule has 2 atom stereocenters. The van der Waals surface area contributed by atoms with Crippen LogP contribution < -0.4 is 28.7 Å². The molecule has 1 fully saturated rings. The smallest absolute Gasteiger partial charge is 0.286 e. The minimum absolute atomic E-state index is 0.0501. The Bertz CT molecular complexity index is 2690. The second-order valence-electron chi connectivity index (χ2n) is 22.2. The monoisotopic (exact) mass is 1020 g/mol. The van der Waals surface area contributed by atoms with Crippen LogP contribution in [0.25, 0.3) is 0 Å². The number of amides is 2. The highest BCUT2D eigenvalue weighted by Gasteiger charge is 2.45. The van der Waals surface area contributed by atoms with Crippen molar-refractivity contribution in [1.82, 2.24) is 0 Å². The van der Waals surface area contributed by atoms with E-state index >= 15 is 0 Å². The highest BCUT2D eigenvalue weighted by atomic mass is 28.4. The zero-order valence-electron chi connectivity index (χ0n) is 43.8. The maximum absolute atomic E-state index is 14.7. The summed E-state index contributed by atoms with van der Waals surface area (Å²) in [5.74, 6) is 0.0349. The van der Waals surface area contributed by atoms with Gasteiger partial charge in [-0.15, -0.1) is 0 Å². The van der Waals surface area contributed by atoms with Crippen LogP contribution in [-0.2, 0) is 17.3 Å². The number of nitro benzene ring substituents is 2. The van der Waals surface area contributed by atoms with Crippen molar-refractivity contribution in [2.45, 2.75) is 147 Å². The van der Waals surface area contributed by atoms with Gasteiger partial charge in [-0.05, 0) is 129 Å². The fourth-order valence-corrected chi connectivity index (χ4v) is 11.2. The molecule has 18 heteroatoms. The lowest BCUT2D eigenvalue weighted by Crippen LogP contribution is -2.47. The first-order valence-electron chi connectivity index (χ1n) is 25.1. The number of rotatable bonds is 22. The number of fused-ring (bicyclic) bond motifs is 2. The predicted octanol–water partition coefficient (Wildman–Crippen LogP) is 11.9. The molecular formula is C54H72N4O12Si2. The number of carbonyl (C=O) groups excluding carboxylic acids is 2. The lowest BCUT2D eigenvalue weighted by molar-refractivity contribution is -0.385. The summed E-state index contributed by atoms with van der Waals surface area (Å²) in [6.07, 6.45) is 6.29. The van der Waals surface area contributed by atoms with E-state index in [1.807, 2.05) is 63.3 Å². The number of nitro groups is 2. The fourth-order valence-electron chi connectivity index (χ4n) is 9.36. The molecule has 3 aliphatic rings. The molecule has 2 aliphatic heterocycles. The molecule has 0 unspecified atom stereocenters. The Hall–Kier alpha value is -5.83. The van der Waals surface area contributed by atoms with Gasteiger partial charge >= 0.3 is 0 Å². The van der Waals surface area contributed by atoms with E-state index in [1.165, 1.54) is 44.0 Å². The number of hydrogen-bond acceptors (Lipinski definition) is 12. The molecule has 2 amide bonds. The van der Waals surface area contributed by atoms with Gasteiger partial charge < -0.3 is 38.0 Å². The van der Waals surface area contributed by atoms with Crippen molar-refractivity contribution < 1.29 is 47.6 Å². The van der Waals surface area contributed by atoms with Gasteiger partial charge in [0, 0.05) is 29.5 Å². The average Bonchev–Trinajstić information content (AvgIpc) is 4.00. The molecule has 16 nitrogen and oxygen atoms in total. The van der Waals surface area contributed by atoms with Crippen LogP contribution in [0.5, 0.6) is 23.0 Å². The van der Waals surface area contributed by atoms with Gasteiger partial charge in [-0.25, -0.2) is 0 Å². The molecule has 7 rings (SSSR count). The van der Waals surface area contributed by atoms with Gasteiger partial charge in [0.05, 0.1) is 62.1 Å². The minimum atomic E-state index is -2.53. The van der Waals surface area contributed by atoms with Crippen LogP contribution in [0.1, 0.15) is 123 Å². The van der Waals surface area contributed by atoms with Gasteiger partial charge in [-0.3, -0.25) is 29.8 Å². The first-order valence-corrected chi connectivity index (χ1v) is 31.0. The van der Waals surface area contributed by atoms with E-state index < -0.39 is 49.7 Å². The summed E-state index contributed by atoms with van der Waals surface area (Å²) in [6.45, 7) is 19.4. The summed E-state index contributed by atoms with van der Waals surface area (Å²) < 4.78 is 30.1. The molecule has 1 aliphatic carbocycles. The maximum atomic E-state index is 14.7. The Morgan fingerprint density at radius 2 is 1.24 bits per heavy atom. The molecule has 0 saturated heterocycles. The van der Waals surface area contributed by atoms with Crippen molar-refractivity contribution in [3.8, 4) is 23.0 Å². The molecule has 0 radical (unpaired) electrons. The molecule has 0 aromatic heterocycles. The van der Waals surface area contributed by atoms with Crippen molar-refractivity contribution in [3.63, 3.8) is 0 Å². The molecule has 0 spiro atoms. The van der Waals surface area contributed by atoms with Crippen molar-refractivity contribution in [2.24, 2.45) is 0 Å². The molecule has 388 valence electrons. The number of benzene rings is 4. The van der Waals surface area contributed by atoms with Crippen molar-refractivity contribution in [3.05, 3.63) is 115 Å². The lowest BCUT2D eigenvalue weighted by Gasteiger charge is -2.38. The van der Waals surface area contributed by atoms with E-state index in [4.69, 9.17) is 23.4 Å². The van der Waals surface area contributed by atoms with Gasteiger partial charge in [-0.2, -0.15) is 0 Å². The zero-order chi connectivity index (χ0) is 52.5. The standard InChI is InChI=1S/C54H72N4O12Si2/c1-53(2,3)72(10,11)70-34-38-29-40-39(35-22-23-35)19-17-21-44(40)56(38)52(60)42-31-48(67-7)50(33-46(42)58(63)64)69-27-16-12-15-26-68-49-32-45(57(61)62)41(30-47(49)66-6)51(59)55-37(24-25-54(4,5)71(8,9)65)28-36-18-13-14-20-43(36)55/h13-14,17-21,30-33,35,37-38,65H,12,15-16,22-29,34H2,1-11H3/t37-,38+/m1/s1. The highest BCUT2D eigenvalue weighted by molar-refractivity contribution is 6.74. The van der Waals surface area contributed by atoms with Gasteiger partial charge in [0.2, 0.25) is 0 Å². The van der Waals surface area contributed by atoms with Crippen LogP contribution >= 0.6 is 0 Å². The summed E-state index contributed by atoms with van der Waals surface area (Å²) in [7, 11) is -1.90. The number of anilines is 2. The van der Waals surface area contributed by atoms with Gasteiger partial charge in [-0.1, -0.05) is 65.0 Å². The second-order valence-corrected chi connectivity index (χ2v) is 31.5. The van der Waals surface area contributed by atoms with Crippen LogP contribution in [0.4, 0.5) is 22.7 Å². The van der Waals surface area contributed by atoms with Gasteiger partial charge in [0.1, 0.15) is 11.1 Å². The van der Waals surface area contributed by atoms with Crippen LogP contribution in [0.3, 0.4) is 0 Å². The van der Waals surface area contributed by atoms with Crippen molar-refractivity contribution in [1.29, 1.82) is 0 Å². The summed E-state index contributed by atoms with van der Waals surface area (Å²) in [5, 5.41) is 24.9. The third-order valence-electron chi connectivity index (χ3n) is 15.7. The summed E-state index contributed by atoms with van der Waals surface area (Å²) in [5.41, 5.74) is 3.74. The maximum Gasteiger partial charge on any atom is 0.286 e. The largest absolute Gasteiger partial charge is 0.493 e. The molecule has 2 heterocycles. The topological polar surface area (TPSA) is 193 Å². The second kappa shape index (κ2) is 21.3. The Balaban J connectivity index is 1.01. The number of methoxy groups -OCH3 is 2. The van der Waals surface area contributed by atoms with E-state index in [2.05, 4.69) is 39.9 Å². The Labute approximate surface area is 425 Å². The van der Waals surface area contributed by atoms with E-state index in [9.17, 15) is 34.6 Å². The van der Waals surface area contributed by atoms with Crippen LogP contribution in [0.2, 0.25) is 36.3 Å². The van der Waals surface area contributed by atoms with Crippen LogP contribution in [0, 0.1) is 20.2 Å². The van der Waals surface area contributed by atoms with Gasteiger partial charge in [0.15, 0.2) is 39.6 Å². The van der Waals surface area contributed by atoms with E-state index in [-0.39, 0.29) is 69.5 Å². The zero-order valence-corrected chi connectivity index (χ0v) is 45.8. The fraction of sp³-hybridized carbons (Fsp3) is 0.519. The van der Waals surface area contributed by atoms with Gasteiger partial charge in [0.25, 0.3) is 23.2 Å². The average molecular weight is 1030 g/mol. The Morgan fingerprint density at radius 1 is 0.708 bits per heavy atom. The molecular weight excluding hydrogens is 953 g/mol. The quantitative estimate of drug-likeness (QED) is 0.0339. The normalized spacial score (nSPS) is 16.8. The predicted molar refractivity (Wildman–Crippen MR) is 284 cm³/mol. The molecule has 72 heavy (non-hydrogen) atoms. The third-order valence-corrected chi connectivity index (χ3v) is 23.8. The molecule has 4 aromatic rings. The van der Waals surface area contributed by atoms with E-state index in [0.717, 1.165) is 29.7 Å². The van der Waals surface area contributed by atoms with E-state index in [0.29, 0.717) is 63.2 Å². The first-order chi connectivity index (χ1) is 33.9. The minimum Gasteiger partial charge on any atom is -0.493 e. The van der Waals surface area contributed by atoms with Crippen LogP contribution in [0.15, 0.2) is 66.7 Å². The molecule has 4 aromatic carbocycles. The van der Waals surface area contributed by atoms with Crippen LogP contribution in [-0.4, -0.2) is 89.2 Å². The summed E-state index contributed by atoms with van der Waals surface area (Å²) in [6, 6.07) is 18.2. The molecule has 0 bridgehead atoms. The number of unbranched alkanes of at least 4 members (excludes halogenated alkanes) is 2. The summed E-state index contributed by atoms with van der Waals surface area (Å²) >= 11 is 0. The number of hydrogen-bond donors (Lipinski definition) is 1. The Morgan fingerprint density at radius 3 is 1.74 bits per heavy atom. The van der Waals surface area contributed by atoms with E-state index in [1.54, 1.807) is 9.80 Å².